The van der Waals surface area contributed by atoms with Gasteiger partial charge in [-0.3, -0.25) is 14.9 Å². The summed E-state index contributed by atoms with van der Waals surface area (Å²) < 4.78 is 7.22. The van der Waals surface area contributed by atoms with E-state index in [0.717, 1.165) is 0 Å². The van der Waals surface area contributed by atoms with Crippen LogP contribution in [0.5, 0.6) is 5.75 Å². The molecule has 0 fully saturated rings. The van der Waals surface area contributed by atoms with E-state index < -0.39 is 16.6 Å². The van der Waals surface area contributed by atoms with Gasteiger partial charge in [-0.1, -0.05) is 0 Å². The number of aliphatic hydroxyl groups is 1. The van der Waals surface area contributed by atoms with Crippen molar-refractivity contribution in [2.24, 2.45) is 7.05 Å². The lowest BCUT2D eigenvalue weighted by Crippen LogP contribution is -2.39. The zero-order valence-electron chi connectivity index (χ0n) is 12.5. The molecule has 1 unspecified atom stereocenters. The van der Waals surface area contributed by atoms with E-state index in [2.05, 4.69) is 0 Å². The standard InChI is InChI=1S/C15H16N2O5/c1-15(2,19)12-7-10-13(22-12)9-6-8(17(20)21)4-5-11(9)16(3)14(10)18/h4-6,12,19H,7H2,1-3H3. The molecule has 0 amide bonds. The molecule has 1 aromatic carbocycles. The summed E-state index contributed by atoms with van der Waals surface area (Å²) >= 11 is 0. The van der Waals surface area contributed by atoms with Crippen LogP contribution in [0.2, 0.25) is 0 Å². The first-order valence-corrected chi connectivity index (χ1v) is 6.89. The lowest BCUT2D eigenvalue weighted by Gasteiger charge is -2.24. The van der Waals surface area contributed by atoms with Gasteiger partial charge in [0.1, 0.15) is 11.9 Å². The molecule has 2 aromatic rings. The van der Waals surface area contributed by atoms with Crippen LogP contribution in [0.25, 0.3) is 10.9 Å². The summed E-state index contributed by atoms with van der Waals surface area (Å²) in [5.74, 6) is 0.342. The van der Waals surface area contributed by atoms with Crippen molar-refractivity contribution in [1.82, 2.24) is 4.57 Å². The van der Waals surface area contributed by atoms with E-state index in [1.165, 1.54) is 22.8 Å². The third-order valence-electron chi connectivity index (χ3n) is 4.07. The van der Waals surface area contributed by atoms with Crippen molar-refractivity contribution in [2.45, 2.75) is 32.0 Å². The SMILES string of the molecule is Cn1c(=O)c2c(c3cc([N+](=O)[O-])ccc31)OC(C(C)(C)O)C2. The van der Waals surface area contributed by atoms with Crippen LogP contribution in [0.4, 0.5) is 5.69 Å². The van der Waals surface area contributed by atoms with Gasteiger partial charge in [0.2, 0.25) is 0 Å². The Balaban J connectivity index is 2.29. The van der Waals surface area contributed by atoms with Gasteiger partial charge in [0.05, 0.1) is 21.6 Å². The van der Waals surface area contributed by atoms with Crippen LogP contribution in [-0.2, 0) is 13.5 Å². The third kappa shape index (κ3) is 2.05. The molecule has 1 aliphatic rings. The number of nitro benzene ring substituents is 1. The fourth-order valence-corrected chi connectivity index (χ4v) is 2.76. The van der Waals surface area contributed by atoms with Crippen molar-refractivity contribution in [2.75, 3.05) is 0 Å². The van der Waals surface area contributed by atoms with Gasteiger partial charge in [0.25, 0.3) is 11.2 Å². The number of aromatic nitrogens is 1. The maximum absolute atomic E-state index is 12.4. The number of pyridine rings is 1. The topological polar surface area (TPSA) is 94.6 Å². The van der Waals surface area contributed by atoms with Crippen LogP contribution in [0, 0.1) is 10.1 Å². The highest BCUT2D eigenvalue weighted by atomic mass is 16.6. The molecule has 1 aromatic heterocycles. The highest BCUT2D eigenvalue weighted by molar-refractivity contribution is 5.89. The minimum Gasteiger partial charge on any atom is -0.486 e. The van der Waals surface area contributed by atoms with Crippen molar-refractivity contribution in [1.29, 1.82) is 0 Å². The summed E-state index contributed by atoms with van der Waals surface area (Å²) in [5, 5.41) is 21.6. The molecule has 116 valence electrons. The van der Waals surface area contributed by atoms with Crippen molar-refractivity contribution in [3.63, 3.8) is 0 Å². The fraction of sp³-hybridized carbons (Fsp3) is 0.400. The molecule has 0 spiro atoms. The van der Waals surface area contributed by atoms with Gasteiger partial charge in [-0.05, 0) is 19.9 Å². The van der Waals surface area contributed by atoms with Crippen LogP contribution in [0.15, 0.2) is 23.0 Å². The molecule has 1 aliphatic heterocycles. The van der Waals surface area contributed by atoms with E-state index in [0.29, 0.717) is 22.2 Å². The zero-order chi connectivity index (χ0) is 16.2. The first-order valence-electron chi connectivity index (χ1n) is 6.89. The number of nitro groups is 1. The van der Waals surface area contributed by atoms with E-state index in [1.54, 1.807) is 20.9 Å². The molecular formula is C15H16N2O5. The first-order chi connectivity index (χ1) is 10.2. The molecule has 0 bridgehead atoms. The lowest BCUT2D eigenvalue weighted by molar-refractivity contribution is -0.384. The summed E-state index contributed by atoms with van der Waals surface area (Å²) in [4.78, 5) is 22.9. The summed E-state index contributed by atoms with van der Waals surface area (Å²) in [6, 6.07) is 4.30. The Bertz CT molecular complexity index is 848. The first kappa shape index (κ1) is 14.5. The van der Waals surface area contributed by atoms with Crippen molar-refractivity contribution < 1.29 is 14.8 Å². The van der Waals surface area contributed by atoms with Gasteiger partial charge in [0.15, 0.2) is 0 Å². The fourth-order valence-electron chi connectivity index (χ4n) is 2.76. The van der Waals surface area contributed by atoms with Crippen molar-refractivity contribution in [3.05, 3.63) is 44.2 Å². The number of ether oxygens (including phenoxy) is 1. The second-order valence-corrected chi connectivity index (χ2v) is 6.09. The van der Waals surface area contributed by atoms with Gasteiger partial charge in [-0.25, -0.2) is 0 Å². The molecular weight excluding hydrogens is 288 g/mol. The molecule has 22 heavy (non-hydrogen) atoms. The molecule has 1 atom stereocenters. The van der Waals surface area contributed by atoms with E-state index in [9.17, 15) is 20.0 Å². The molecule has 0 radical (unpaired) electrons. The largest absolute Gasteiger partial charge is 0.486 e. The van der Waals surface area contributed by atoms with Gasteiger partial charge in [-0.15, -0.1) is 0 Å². The average Bonchev–Trinajstić information content (AvgIpc) is 2.89. The minimum absolute atomic E-state index is 0.0661. The van der Waals surface area contributed by atoms with E-state index >= 15 is 0 Å². The Kier molecular flexibility index (Phi) is 3.00. The number of hydrogen-bond donors (Lipinski definition) is 1. The van der Waals surface area contributed by atoms with Gasteiger partial charge >= 0.3 is 0 Å². The minimum atomic E-state index is -1.11. The Morgan fingerprint density at radius 2 is 2.14 bits per heavy atom. The highest BCUT2D eigenvalue weighted by Crippen LogP contribution is 2.38. The van der Waals surface area contributed by atoms with Gasteiger partial charge in [0, 0.05) is 31.0 Å². The second kappa shape index (κ2) is 4.54. The number of fused-ring (bicyclic) bond motifs is 3. The lowest BCUT2D eigenvalue weighted by atomic mass is 9.97. The molecule has 7 heteroatoms. The van der Waals surface area contributed by atoms with Gasteiger partial charge in [-0.2, -0.15) is 0 Å². The quantitative estimate of drug-likeness (QED) is 0.670. The van der Waals surface area contributed by atoms with Crippen LogP contribution in [-0.4, -0.2) is 26.3 Å². The number of hydrogen-bond acceptors (Lipinski definition) is 5. The monoisotopic (exact) mass is 304 g/mol. The smallest absolute Gasteiger partial charge is 0.270 e. The Labute approximate surface area is 125 Å². The molecule has 2 heterocycles. The summed E-state index contributed by atoms with van der Waals surface area (Å²) in [6.07, 6.45) is -0.274. The van der Waals surface area contributed by atoms with E-state index in [1.807, 2.05) is 0 Å². The summed E-state index contributed by atoms with van der Waals surface area (Å²) in [7, 11) is 1.62. The molecule has 0 saturated carbocycles. The van der Waals surface area contributed by atoms with Crippen LogP contribution in [0.1, 0.15) is 19.4 Å². The summed E-state index contributed by atoms with van der Waals surface area (Å²) in [6.45, 7) is 3.22. The molecule has 7 nitrogen and oxygen atoms in total. The maximum Gasteiger partial charge on any atom is 0.270 e. The number of benzene rings is 1. The predicted molar refractivity (Wildman–Crippen MR) is 80.3 cm³/mol. The average molecular weight is 304 g/mol. The maximum atomic E-state index is 12.4. The van der Waals surface area contributed by atoms with Crippen molar-refractivity contribution >= 4 is 16.6 Å². The van der Waals surface area contributed by atoms with Crippen LogP contribution >= 0.6 is 0 Å². The van der Waals surface area contributed by atoms with E-state index in [-0.39, 0.29) is 17.7 Å². The second-order valence-electron chi connectivity index (χ2n) is 6.09. The zero-order valence-corrected chi connectivity index (χ0v) is 12.5. The Morgan fingerprint density at radius 3 is 2.73 bits per heavy atom. The van der Waals surface area contributed by atoms with Crippen LogP contribution in [0.3, 0.4) is 0 Å². The Hall–Kier alpha value is -2.41. The third-order valence-corrected chi connectivity index (χ3v) is 4.07. The van der Waals surface area contributed by atoms with E-state index in [4.69, 9.17) is 4.74 Å². The van der Waals surface area contributed by atoms with Crippen molar-refractivity contribution in [3.8, 4) is 5.75 Å². The number of aryl methyl sites for hydroxylation is 1. The number of nitrogens with zero attached hydrogens (tertiary/aromatic N) is 2. The summed E-state index contributed by atoms with van der Waals surface area (Å²) in [5.41, 5.74) is -0.378. The van der Waals surface area contributed by atoms with Gasteiger partial charge < -0.3 is 14.4 Å². The number of rotatable bonds is 2. The molecule has 1 N–H and O–H groups in total. The molecule has 0 aliphatic carbocycles. The van der Waals surface area contributed by atoms with Crippen LogP contribution < -0.4 is 10.3 Å². The normalized spacial score (nSPS) is 17.4. The highest BCUT2D eigenvalue weighted by Gasteiger charge is 2.38. The predicted octanol–water partition coefficient (Wildman–Crippen LogP) is 1.52. The molecule has 3 rings (SSSR count). The Morgan fingerprint density at radius 1 is 1.45 bits per heavy atom. The molecule has 0 saturated heterocycles. The number of non-ortho nitro benzene ring substituents is 1.